The van der Waals surface area contributed by atoms with Gasteiger partial charge < -0.3 is 0 Å². The van der Waals surface area contributed by atoms with Crippen molar-refractivity contribution in [3.63, 3.8) is 0 Å². The van der Waals surface area contributed by atoms with Gasteiger partial charge in [0, 0.05) is 12.2 Å². The normalized spacial score (nSPS) is 16.8. The van der Waals surface area contributed by atoms with Gasteiger partial charge in [0.2, 0.25) is 0 Å². The van der Waals surface area contributed by atoms with Crippen LogP contribution >= 0.6 is 0 Å². The number of fused-ring (bicyclic) bond motifs is 3. The molecule has 4 amide bonds. The molecule has 0 spiro atoms. The SMILES string of the molecule is O=C1C=C(c2ccc(C3(c4ccc(C5=CC(=O)NC5=O)cc4)c4ccccc4-c4ccccc43)cc2)C(=O)N1. The van der Waals surface area contributed by atoms with Gasteiger partial charge in [-0.3, -0.25) is 29.8 Å². The zero-order valence-corrected chi connectivity index (χ0v) is 20.5. The summed E-state index contributed by atoms with van der Waals surface area (Å²) in [6.45, 7) is 0. The average Bonchev–Trinajstić information content (AvgIpc) is 3.59. The van der Waals surface area contributed by atoms with Crippen molar-refractivity contribution >= 4 is 34.8 Å². The molecule has 2 heterocycles. The van der Waals surface area contributed by atoms with Gasteiger partial charge >= 0.3 is 0 Å². The molecule has 0 aromatic heterocycles. The number of amides is 4. The maximum Gasteiger partial charge on any atom is 0.258 e. The molecule has 0 atom stereocenters. The summed E-state index contributed by atoms with van der Waals surface area (Å²) in [6.07, 6.45) is 2.65. The standard InChI is InChI=1S/C33H20N2O4/c36-29-17-25(31(38)34-29)19-9-13-21(14-10-19)33(22-15-11-20(12-16-22)26-18-30(37)35-32(26)39)27-7-3-1-5-23(27)24-6-2-4-8-28(24)33/h1-18H,(H,34,36,38)(H,35,37,39). The Bertz CT molecular complexity index is 1680. The van der Waals surface area contributed by atoms with Crippen molar-refractivity contribution in [1.29, 1.82) is 0 Å². The van der Waals surface area contributed by atoms with E-state index >= 15 is 0 Å². The van der Waals surface area contributed by atoms with E-state index in [1.807, 2.05) is 72.8 Å². The van der Waals surface area contributed by atoms with Crippen molar-refractivity contribution in [2.75, 3.05) is 0 Å². The lowest BCUT2D eigenvalue weighted by Gasteiger charge is -2.34. The summed E-state index contributed by atoms with van der Waals surface area (Å²) in [6, 6.07) is 32.1. The molecule has 4 aromatic carbocycles. The lowest BCUT2D eigenvalue weighted by atomic mass is 9.67. The highest BCUT2D eigenvalue weighted by Crippen LogP contribution is 2.56. The van der Waals surface area contributed by atoms with Crippen LogP contribution in [0.1, 0.15) is 33.4 Å². The summed E-state index contributed by atoms with van der Waals surface area (Å²) >= 11 is 0. The Labute approximate surface area is 223 Å². The molecule has 6 heteroatoms. The molecule has 3 aliphatic rings. The zero-order valence-electron chi connectivity index (χ0n) is 20.5. The summed E-state index contributed by atoms with van der Waals surface area (Å²) in [5.41, 5.74) is 7.83. The summed E-state index contributed by atoms with van der Waals surface area (Å²) < 4.78 is 0. The first-order valence-electron chi connectivity index (χ1n) is 12.5. The van der Waals surface area contributed by atoms with Crippen LogP contribution in [-0.2, 0) is 24.6 Å². The molecule has 0 bridgehead atoms. The van der Waals surface area contributed by atoms with Gasteiger partial charge in [-0.1, -0.05) is 97.1 Å². The number of carbonyl (C=O) groups excluding carboxylic acids is 4. The van der Waals surface area contributed by atoms with E-state index in [0.717, 1.165) is 33.4 Å². The van der Waals surface area contributed by atoms with Gasteiger partial charge in [0.1, 0.15) is 0 Å². The zero-order chi connectivity index (χ0) is 26.7. The third-order valence-electron chi connectivity index (χ3n) is 7.72. The number of imide groups is 2. The second-order valence-corrected chi connectivity index (χ2v) is 9.75. The van der Waals surface area contributed by atoms with E-state index in [-0.39, 0.29) is 0 Å². The fraction of sp³-hybridized carbons (Fsp3) is 0.0303. The molecule has 7 rings (SSSR count). The van der Waals surface area contributed by atoms with Crippen molar-refractivity contribution in [2.45, 2.75) is 5.41 Å². The Hall–Kier alpha value is -5.36. The molecule has 0 saturated carbocycles. The van der Waals surface area contributed by atoms with E-state index in [1.54, 1.807) is 0 Å². The third kappa shape index (κ3) is 3.28. The minimum Gasteiger partial charge on any atom is -0.289 e. The molecule has 1 aliphatic carbocycles. The molecule has 39 heavy (non-hydrogen) atoms. The monoisotopic (exact) mass is 508 g/mol. The number of hydrogen-bond donors (Lipinski definition) is 2. The molecule has 2 N–H and O–H groups in total. The summed E-state index contributed by atoms with van der Waals surface area (Å²) in [7, 11) is 0. The Morgan fingerprint density at radius 3 is 1.21 bits per heavy atom. The number of benzene rings is 4. The van der Waals surface area contributed by atoms with Crippen molar-refractivity contribution in [2.24, 2.45) is 0 Å². The van der Waals surface area contributed by atoms with Crippen LogP contribution in [0, 0.1) is 0 Å². The van der Waals surface area contributed by atoms with Crippen LogP contribution in [0.15, 0.2) is 109 Å². The highest BCUT2D eigenvalue weighted by atomic mass is 16.2. The number of rotatable bonds is 4. The molecular formula is C33H20N2O4. The third-order valence-corrected chi connectivity index (χ3v) is 7.72. The van der Waals surface area contributed by atoms with Gasteiger partial charge in [-0.05, 0) is 44.5 Å². The largest absolute Gasteiger partial charge is 0.289 e. The van der Waals surface area contributed by atoms with Gasteiger partial charge in [-0.25, -0.2) is 0 Å². The fourth-order valence-electron chi connectivity index (χ4n) is 6.08. The van der Waals surface area contributed by atoms with Crippen molar-refractivity contribution in [3.8, 4) is 11.1 Å². The Balaban J connectivity index is 1.44. The van der Waals surface area contributed by atoms with E-state index < -0.39 is 29.0 Å². The number of carbonyl (C=O) groups is 4. The second kappa shape index (κ2) is 8.33. The van der Waals surface area contributed by atoms with Crippen LogP contribution in [-0.4, -0.2) is 23.6 Å². The van der Waals surface area contributed by atoms with Crippen LogP contribution in [0.25, 0.3) is 22.3 Å². The first-order valence-corrected chi connectivity index (χ1v) is 12.5. The van der Waals surface area contributed by atoms with Gasteiger partial charge in [-0.15, -0.1) is 0 Å². The smallest absolute Gasteiger partial charge is 0.258 e. The second-order valence-electron chi connectivity index (χ2n) is 9.75. The molecule has 4 aromatic rings. The summed E-state index contributed by atoms with van der Waals surface area (Å²) in [4.78, 5) is 48.0. The first kappa shape index (κ1) is 22.8. The van der Waals surface area contributed by atoms with Gasteiger partial charge in [0.25, 0.3) is 23.6 Å². The molecule has 6 nitrogen and oxygen atoms in total. The highest BCUT2D eigenvalue weighted by Gasteiger charge is 2.46. The van der Waals surface area contributed by atoms with Crippen LogP contribution in [0.3, 0.4) is 0 Å². The van der Waals surface area contributed by atoms with Crippen LogP contribution in [0.2, 0.25) is 0 Å². The van der Waals surface area contributed by atoms with Crippen molar-refractivity contribution < 1.29 is 19.2 Å². The number of nitrogens with one attached hydrogen (secondary N) is 2. The lowest BCUT2D eigenvalue weighted by Crippen LogP contribution is -2.28. The summed E-state index contributed by atoms with van der Waals surface area (Å²) in [5, 5.41) is 4.61. The van der Waals surface area contributed by atoms with Crippen molar-refractivity contribution in [3.05, 3.63) is 143 Å². The molecular weight excluding hydrogens is 488 g/mol. The fourth-order valence-corrected chi connectivity index (χ4v) is 6.08. The highest BCUT2D eigenvalue weighted by molar-refractivity contribution is 6.34. The average molecular weight is 509 g/mol. The predicted molar refractivity (Wildman–Crippen MR) is 146 cm³/mol. The van der Waals surface area contributed by atoms with E-state index in [4.69, 9.17) is 0 Å². The minimum absolute atomic E-state index is 0.342. The summed E-state index contributed by atoms with van der Waals surface area (Å²) in [5.74, 6) is -1.64. The van der Waals surface area contributed by atoms with Gasteiger partial charge in [0.15, 0.2) is 0 Å². The van der Waals surface area contributed by atoms with Crippen molar-refractivity contribution in [1.82, 2.24) is 10.6 Å². The number of hydrogen-bond acceptors (Lipinski definition) is 4. The minimum atomic E-state index is -0.672. The molecule has 0 fully saturated rings. The van der Waals surface area contributed by atoms with E-state index in [2.05, 4.69) is 34.9 Å². The maximum absolute atomic E-state index is 12.3. The van der Waals surface area contributed by atoms with Gasteiger partial charge in [-0.2, -0.15) is 0 Å². The van der Waals surface area contributed by atoms with E-state index in [1.165, 1.54) is 12.2 Å². The maximum atomic E-state index is 12.3. The van der Waals surface area contributed by atoms with Crippen LogP contribution < -0.4 is 10.6 Å². The molecule has 186 valence electrons. The van der Waals surface area contributed by atoms with E-state index in [9.17, 15) is 19.2 Å². The first-order chi connectivity index (χ1) is 19.0. The van der Waals surface area contributed by atoms with E-state index in [0.29, 0.717) is 22.3 Å². The Morgan fingerprint density at radius 1 is 0.462 bits per heavy atom. The molecule has 0 radical (unpaired) electrons. The Kier molecular flexibility index (Phi) is 4.87. The molecule has 2 aliphatic heterocycles. The molecule has 0 saturated heterocycles. The van der Waals surface area contributed by atoms with Crippen LogP contribution in [0.5, 0.6) is 0 Å². The lowest BCUT2D eigenvalue weighted by molar-refractivity contribution is -0.124. The van der Waals surface area contributed by atoms with Crippen LogP contribution in [0.4, 0.5) is 0 Å². The predicted octanol–water partition coefficient (Wildman–Crippen LogP) is 4.13. The van der Waals surface area contributed by atoms with Gasteiger partial charge in [0.05, 0.1) is 16.6 Å². The topological polar surface area (TPSA) is 92.3 Å². The Morgan fingerprint density at radius 2 is 0.846 bits per heavy atom. The molecule has 0 unspecified atom stereocenters. The quantitative estimate of drug-likeness (QED) is 0.357.